The molecule has 3 aromatic heterocycles. The van der Waals surface area contributed by atoms with E-state index in [0.717, 1.165) is 34.0 Å². The lowest BCUT2D eigenvalue weighted by Gasteiger charge is -2.37. The maximum absolute atomic E-state index is 13.0. The minimum absolute atomic E-state index is 0.105. The van der Waals surface area contributed by atoms with Crippen molar-refractivity contribution in [3.63, 3.8) is 0 Å². The van der Waals surface area contributed by atoms with Gasteiger partial charge in [-0.1, -0.05) is 6.07 Å². The zero-order chi connectivity index (χ0) is 29.6. The summed E-state index contributed by atoms with van der Waals surface area (Å²) in [5.74, 6) is 1.74. The monoisotopic (exact) mass is 600 g/mol. The number of aromatic nitrogens is 3. The van der Waals surface area contributed by atoms with E-state index in [4.69, 9.17) is 19.4 Å². The third-order valence-electron chi connectivity index (χ3n) is 8.42. The Labute approximate surface area is 249 Å². The summed E-state index contributed by atoms with van der Waals surface area (Å²) in [4.78, 5) is 31.6. The molecule has 1 N–H and O–H groups in total. The van der Waals surface area contributed by atoms with Crippen LogP contribution in [-0.2, 0) is 27.7 Å². The molecule has 11 nitrogen and oxygen atoms in total. The van der Waals surface area contributed by atoms with Crippen molar-refractivity contribution in [2.24, 2.45) is 0 Å². The molecular weight excluding hydrogens is 568 g/mol. The first-order valence-electron chi connectivity index (χ1n) is 14.5. The topological polar surface area (TPSA) is 127 Å². The van der Waals surface area contributed by atoms with Crippen molar-refractivity contribution in [2.75, 3.05) is 42.4 Å². The van der Waals surface area contributed by atoms with Crippen LogP contribution in [0.3, 0.4) is 0 Å². The minimum Gasteiger partial charge on any atom is -0.488 e. The minimum atomic E-state index is -3.51. The van der Waals surface area contributed by atoms with E-state index in [-0.39, 0.29) is 41.9 Å². The molecule has 3 aliphatic rings. The number of hydrogen-bond donors (Lipinski definition) is 1. The third-order valence-corrected chi connectivity index (χ3v) is 10.2. The average Bonchev–Trinajstić information content (AvgIpc) is 3.15. The predicted molar refractivity (Wildman–Crippen MR) is 162 cm³/mol. The van der Waals surface area contributed by atoms with Gasteiger partial charge in [-0.05, 0) is 55.2 Å². The average molecular weight is 601 g/mol. The summed E-state index contributed by atoms with van der Waals surface area (Å²) in [6.45, 7) is 1.64. The molecule has 1 saturated carbocycles. The molecule has 2 aliphatic heterocycles. The van der Waals surface area contributed by atoms with Gasteiger partial charge >= 0.3 is 0 Å². The largest absolute Gasteiger partial charge is 0.488 e. The first-order chi connectivity index (χ1) is 20.9. The summed E-state index contributed by atoms with van der Waals surface area (Å²) in [6, 6.07) is 13.1. The van der Waals surface area contributed by atoms with E-state index in [2.05, 4.69) is 33.2 Å². The Hall–Kier alpha value is -4.29. The van der Waals surface area contributed by atoms with Crippen molar-refractivity contribution in [1.82, 2.24) is 20.3 Å². The SMILES string of the molecule is CN(c1cnc2c(c1)OCCN2c1ccc2cnc(CNC(=O)c3ccc4c(c3)S(=O)(=O)CCOC4)cc2n1)C1CCC1. The maximum Gasteiger partial charge on any atom is 0.251 e. The number of pyridine rings is 3. The fourth-order valence-corrected chi connectivity index (χ4v) is 7.01. The van der Waals surface area contributed by atoms with E-state index in [1.165, 1.54) is 25.3 Å². The lowest BCUT2D eigenvalue weighted by molar-refractivity contribution is 0.0950. The first kappa shape index (κ1) is 27.5. The van der Waals surface area contributed by atoms with Crippen LogP contribution in [0.25, 0.3) is 10.9 Å². The van der Waals surface area contributed by atoms with E-state index in [0.29, 0.717) is 30.5 Å². The summed E-state index contributed by atoms with van der Waals surface area (Å²) in [5, 5.41) is 3.73. The number of nitrogens with zero attached hydrogens (tertiary/aromatic N) is 5. The summed E-state index contributed by atoms with van der Waals surface area (Å²) < 4.78 is 36.6. The zero-order valence-corrected chi connectivity index (χ0v) is 24.6. The lowest BCUT2D eigenvalue weighted by atomic mass is 9.91. The molecule has 7 rings (SSSR count). The number of fused-ring (bicyclic) bond motifs is 3. The fraction of sp³-hybridized carbons (Fsp3) is 0.355. The molecule has 1 aromatic carbocycles. The van der Waals surface area contributed by atoms with Gasteiger partial charge in [-0.3, -0.25) is 9.78 Å². The van der Waals surface area contributed by atoms with E-state index in [1.54, 1.807) is 18.3 Å². The molecule has 1 fully saturated rings. The first-order valence-corrected chi connectivity index (χ1v) is 16.1. The van der Waals surface area contributed by atoms with Crippen LogP contribution >= 0.6 is 0 Å². The normalized spacial score (nSPS) is 17.7. The molecule has 1 aliphatic carbocycles. The Morgan fingerprint density at radius 1 is 1.09 bits per heavy atom. The number of anilines is 3. The molecule has 0 bridgehead atoms. The van der Waals surface area contributed by atoms with Gasteiger partial charge in [-0.25, -0.2) is 18.4 Å². The number of carbonyl (C=O) groups excluding carboxylic acids is 1. The van der Waals surface area contributed by atoms with Gasteiger partial charge < -0.3 is 24.6 Å². The third kappa shape index (κ3) is 5.36. The smallest absolute Gasteiger partial charge is 0.251 e. The summed E-state index contributed by atoms with van der Waals surface area (Å²) in [7, 11) is -1.40. The Kier molecular flexibility index (Phi) is 7.10. The Bertz CT molecular complexity index is 1830. The highest BCUT2D eigenvalue weighted by Gasteiger charge is 2.27. The van der Waals surface area contributed by atoms with E-state index in [9.17, 15) is 13.2 Å². The van der Waals surface area contributed by atoms with E-state index < -0.39 is 9.84 Å². The van der Waals surface area contributed by atoms with E-state index >= 15 is 0 Å². The van der Waals surface area contributed by atoms with Crippen LogP contribution in [0.15, 0.2) is 59.8 Å². The summed E-state index contributed by atoms with van der Waals surface area (Å²) in [6.07, 6.45) is 7.31. The van der Waals surface area contributed by atoms with Crippen LogP contribution in [0.4, 0.5) is 17.3 Å². The number of sulfone groups is 1. The van der Waals surface area contributed by atoms with Crippen molar-refractivity contribution in [1.29, 1.82) is 0 Å². The molecule has 5 heterocycles. The van der Waals surface area contributed by atoms with Gasteiger partial charge in [0.15, 0.2) is 21.4 Å². The molecule has 0 unspecified atom stereocenters. The number of ether oxygens (including phenoxy) is 2. The van der Waals surface area contributed by atoms with Gasteiger partial charge in [-0.15, -0.1) is 0 Å². The van der Waals surface area contributed by atoms with Crippen LogP contribution in [0, 0.1) is 0 Å². The molecule has 0 radical (unpaired) electrons. The van der Waals surface area contributed by atoms with Crippen molar-refractivity contribution >= 4 is 44.0 Å². The van der Waals surface area contributed by atoms with Gasteiger partial charge in [-0.2, -0.15) is 0 Å². The standard InChI is InChI=1S/C31H32N6O5S/c1-36(24-3-2-4-24)25-15-27-30(33-18-25)37(9-10-42-27)29-8-7-21-16-32-23(14-26(21)35-29)17-34-31(38)20-5-6-22-19-41-11-12-43(39,40)28(22)13-20/h5-8,13-16,18,24H,2-4,9-12,17,19H2,1H3,(H,34,38). The second-order valence-electron chi connectivity index (χ2n) is 11.1. The van der Waals surface area contributed by atoms with Crippen molar-refractivity contribution < 1.29 is 22.7 Å². The molecule has 1 amide bonds. The Morgan fingerprint density at radius 2 is 1.98 bits per heavy atom. The molecule has 0 spiro atoms. The number of amides is 1. The molecule has 12 heteroatoms. The van der Waals surface area contributed by atoms with Crippen LogP contribution < -0.4 is 19.9 Å². The lowest BCUT2D eigenvalue weighted by Crippen LogP contribution is -2.37. The Balaban J connectivity index is 1.09. The van der Waals surface area contributed by atoms with Gasteiger partial charge in [0.2, 0.25) is 0 Å². The molecular formula is C31H32N6O5S. The second-order valence-corrected chi connectivity index (χ2v) is 13.2. The van der Waals surface area contributed by atoms with Gasteiger partial charge in [0.25, 0.3) is 5.91 Å². The summed E-state index contributed by atoms with van der Waals surface area (Å²) >= 11 is 0. The highest BCUT2D eigenvalue weighted by atomic mass is 32.2. The Morgan fingerprint density at radius 3 is 2.81 bits per heavy atom. The number of benzene rings is 1. The molecule has 4 aromatic rings. The van der Waals surface area contributed by atoms with Crippen molar-refractivity contribution in [3.05, 3.63) is 71.7 Å². The van der Waals surface area contributed by atoms with Crippen molar-refractivity contribution in [3.8, 4) is 5.75 Å². The highest BCUT2D eigenvalue weighted by Crippen LogP contribution is 2.38. The zero-order valence-electron chi connectivity index (χ0n) is 23.8. The molecule has 0 saturated heterocycles. The number of nitrogens with one attached hydrogen (secondary N) is 1. The van der Waals surface area contributed by atoms with Gasteiger partial charge in [0, 0.05) is 36.3 Å². The number of rotatable bonds is 6. The van der Waals surface area contributed by atoms with Crippen LogP contribution in [-0.4, -0.2) is 67.9 Å². The van der Waals surface area contributed by atoms with Gasteiger partial charge in [0.1, 0.15) is 12.4 Å². The highest BCUT2D eigenvalue weighted by molar-refractivity contribution is 7.91. The number of hydrogen-bond acceptors (Lipinski definition) is 10. The molecule has 0 atom stereocenters. The van der Waals surface area contributed by atoms with E-state index in [1.807, 2.05) is 24.4 Å². The van der Waals surface area contributed by atoms with Crippen molar-refractivity contribution in [2.45, 2.75) is 43.4 Å². The summed E-state index contributed by atoms with van der Waals surface area (Å²) in [5.41, 5.74) is 3.25. The van der Waals surface area contributed by atoms with Crippen LogP contribution in [0.2, 0.25) is 0 Å². The fourth-order valence-electron chi connectivity index (χ4n) is 5.62. The molecule has 222 valence electrons. The molecule has 43 heavy (non-hydrogen) atoms. The predicted octanol–water partition coefficient (Wildman–Crippen LogP) is 3.78. The second kappa shape index (κ2) is 11.1. The van der Waals surface area contributed by atoms with Crippen LogP contribution in [0.1, 0.15) is 40.9 Å². The number of carbonyl (C=O) groups is 1. The quantitative estimate of drug-likeness (QED) is 0.349. The van der Waals surface area contributed by atoms with Crippen LogP contribution in [0.5, 0.6) is 5.75 Å². The maximum atomic E-state index is 13.0. The van der Waals surface area contributed by atoms with Gasteiger partial charge in [0.05, 0.1) is 60.0 Å².